The summed E-state index contributed by atoms with van der Waals surface area (Å²) in [5.41, 5.74) is -1.82. The lowest BCUT2D eigenvalue weighted by atomic mass is 9.87. The van der Waals surface area contributed by atoms with Crippen LogP contribution in [0.2, 0.25) is 0 Å². The van der Waals surface area contributed by atoms with Gasteiger partial charge in [0.15, 0.2) is 0 Å². The van der Waals surface area contributed by atoms with E-state index in [1.165, 1.54) is 16.3 Å². The number of likely N-dealkylation sites (N-methyl/N-ethyl adjacent to an activating group) is 1. The second kappa shape index (κ2) is 14.5. The summed E-state index contributed by atoms with van der Waals surface area (Å²) in [5.74, 6) is -2.39. The first-order valence-corrected chi connectivity index (χ1v) is 16.2. The van der Waals surface area contributed by atoms with Crippen molar-refractivity contribution in [2.45, 2.75) is 97.2 Å². The number of amides is 4. The SMILES string of the molecule is CCCCC/C=C\C1C[C@]1(NC(=O)[C@@H]1CCCN1C(=O)CNC(=O)NC(CN(C)S(=O)(=O)CC)C(C)(C)C)C(=O)O. The van der Waals surface area contributed by atoms with E-state index in [4.69, 9.17) is 0 Å². The zero-order chi connectivity index (χ0) is 31.0. The van der Waals surface area contributed by atoms with Gasteiger partial charge in [-0.15, -0.1) is 0 Å². The molecule has 2 aliphatic rings. The molecule has 4 amide bonds. The maximum atomic E-state index is 13.1. The second-order valence-electron chi connectivity index (χ2n) is 12.2. The number of nitrogens with zero attached hydrogens (tertiary/aromatic N) is 2. The molecule has 1 aliphatic heterocycles. The van der Waals surface area contributed by atoms with Crippen molar-refractivity contribution in [1.82, 2.24) is 25.2 Å². The Morgan fingerprint density at radius 3 is 2.44 bits per heavy atom. The minimum absolute atomic E-state index is 0.0599. The van der Waals surface area contributed by atoms with Gasteiger partial charge in [0.25, 0.3) is 0 Å². The van der Waals surface area contributed by atoms with Gasteiger partial charge in [0.05, 0.1) is 12.3 Å². The van der Waals surface area contributed by atoms with Crippen LogP contribution in [-0.4, -0.2) is 96.6 Å². The Bertz CT molecular complexity index is 1090. The molecule has 2 unspecified atom stereocenters. The van der Waals surface area contributed by atoms with E-state index in [2.05, 4.69) is 22.9 Å². The van der Waals surface area contributed by atoms with Crippen molar-refractivity contribution in [3.63, 3.8) is 0 Å². The van der Waals surface area contributed by atoms with Crippen LogP contribution in [0.1, 0.15) is 79.6 Å². The van der Waals surface area contributed by atoms with Gasteiger partial charge in [-0.3, -0.25) is 9.59 Å². The molecule has 4 N–H and O–H groups in total. The standard InChI is InChI=1S/C28H49N5O7S/c1-7-9-10-11-12-14-20-17-28(20,25(36)37)31-24(35)21-15-13-16-33(21)23(34)18-29-26(38)30-22(27(3,4)5)19-32(6)41(39,40)8-2/h12,14,20-22H,7-11,13,15-19H2,1-6H3,(H,31,35)(H,36,37)(H2,29,30,38)/b14-12-/t20?,21-,22?,28+/m0/s1. The lowest BCUT2D eigenvalue weighted by Gasteiger charge is -2.34. The number of unbranched alkanes of at least 4 members (excludes halogenated alkanes) is 3. The van der Waals surface area contributed by atoms with Gasteiger partial charge < -0.3 is 26.0 Å². The Hall–Kier alpha value is -2.67. The van der Waals surface area contributed by atoms with E-state index < -0.39 is 56.9 Å². The highest BCUT2D eigenvalue weighted by Gasteiger charge is 2.61. The Labute approximate surface area is 244 Å². The third-order valence-corrected chi connectivity index (χ3v) is 9.82. The molecule has 41 heavy (non-hydrogen) atoms. The maximum absolute atomic E-state index is 13.1. The Morgan fingerprint density at radius 2 is 1.85 bits per heavy atom. The number of allylic oxidation sites excluding steroid dienone is 1. The van der Waals surface area contributed by atoms with Crippen LogP contribution in [0.25, 0.3) is 0 Å². The van der Waals surface area contributed by atoms with Crippen LogP contribution < -0.4 is 16.0 Å². The Morgan fingerprint density at radius 1 is 1.17 bits per heavy atom. The number of hydrogen-bond acceptors (Lipinski definition) is 6. The number of carbonyl (C=O) groups excluding carboxylic acids is 3. The number of rotatable bonds is 15. The van der Waals surface area contributed by atoms with Crippen LogP contribution in [0, 0.1) is 11.3 Å². The number of aliphatic carboxylic acids is 1. The zero-order valence-electron chi connectivity index (χ0n) is 25.4. The summed E-state index contributed by atoms with van der Waals surface area (Å²) in [5, 5.41) is 17.8. The lowest BCUT2D eigenvalue weighted by Crippen LogP contribution is -2.56. The molecule has 0 aromatic rings. The summed E-state index contributed by atoms with van der Waals surface area (Å²) < 4.78 is 25.6. The summed E-state index contributed by atoms with van der Waals surface area (Å²) in [7, 11) is -1.98. The van der Waals surface area contributed by atoms with Gasteiger partial charge in [-0.05, 0) is 44.4 Å². The maximum Gasteiger partial charge on any atom is 0.330 e. The molecule has 4 atom stereocenters. The molecular weight excluding hydrogens is 550 g/mol. The van der Waals surface area contributed by atoms with Gasteiger partial charge in [-0.1, -0.05) is 52.7 Å². The second-order valence-corrected chi connectivity index (χ2v) is 14.5. The first-order valence-electron chi connectivity index (χ1n) is 14.6. The number of sulfonamides is 1. The van der Waals surface area contributed by atoms with E-state index >= 15 is 0 Å². The monoisotopic (exact) mass is 599 g/mol. The molecule has 234 valence electrons. The lowest BCUT2D eigenvalue weighted by molar-refractivity contribution is -0.145. The van der Waals surface area contributed by atoms with E-state index in [-0.39, 0.29) is 24.8 Å². The average molecular weight is 600 g/mol. The third kappa shape index (κ3) is 9.42. The summed E-state index contributed by atoms with van der Waals surface area (Å²) in [6.45, 7) is 9.32. The number of carbonyl (C=O) groups is 4. The summed E-state index contributed by atoms with van der Waals surface area (Å²) >= 11 is 0. The van der Waals surface area contributed by atoms with Crippen LogP contribution in [-0.2, 0) is 24.4 Å². The van der Waals surface area contributed by atoms with Crippen molar-refractivity contribution in [2.75, 3.05) is 32.4 Å². The van der Waals surface area contributed by atoms with E-state index in [0.29, 0.717) is 25.8 Å². The first-order chi connectivity index (χ1) is 19.1. The highest BCUT2D eigenvalue weighted by molar-refractivity contribution is 7.89. The topological polar surface area (TPSA) is 165 Å². The summed E-state index contributed by atoms with van der Waals surface area (Å²) in [4.78, 5) is 52.2. The van der Waals surface area contributed by atoms with Crippen molar-refractivity contribution in [2.24, 2.45) is 11.3 Å². The largest absolute Gasteiger partial charge is 0.479 e. The first kappa shape index (κ1) is 34.5. The fourth-order valence-corrected chi connectivity index (χ4v) is 5.79. The van der Waals surface area contributed by atoms with Gasteiger partial charge in [0.1, 0.15) is 11.6 Å². The molecule has 13 heteroatoms. The minimum Gasteiger partial charge on any atom is -0.479 e. The molecule has 2 fully saturated rings. The summed E-state index contributed by atoms with van der Waals surface area (Å²) in [6, 6.07) is -1.97. The number of carboxylic acid groups (broad SMARTS) is 1. The van der Waals surface area contributed by atoms with Crippen LogP contribution >= 0.6 is 0 Å². The van der Waals surface area contributed by atoms with Crippen molar-refractivity contribution < 1.29 is 32.7 Å². The molecular formula is C28H49N5O7S. The molecule has 1 heterocycles. The predicted octanol–water partition coefficient (Wildman–Crippen LogP) is 2.07. The van der Waals surface area contributed by atoms with Gasteiger partial charge in [0, 0.05) is 32.1 Å². The average Bonchev–Trinajstić information content (AvgIpc) is 3.36. The van der Waals surface area contributed by atoms with E-state index in [1.807, 2.05) is 32.9 Å². The predicted molar refractivity (Wildman–Crippen MR) is 157 cm³/mol. The van der Waals surface area contributed by atoms with Crippen molar-refractivity contribution in [1.29, 1.82) is 0 Å². The normalized spacial score (nSPS) is 23.4. The number of hydrogen-bond donors (Lipinski definition) is 4. The molecule has 0 radical (unpaired) electrons. The molecule has 0 bridgehead atoms. The molecule has 1 saturated carbocycles. The zero-order valence-corrected chi connectivity index (χ0v) is 26.2. The van der Waals surface area contributed by atoms with Gasteiger partial charge in [-0.2, -0.15) is 0 Å². The molecule has 1 aliphatic carbocycles. The van der Waals surface area contributed by atoms with Crippen molar-refractivity contribution in [3.8, 4) is 0 Å². The van der Waals surface area contributed by atoms with Crippen LogP contribution in [0.5, 0.6) is 0 Å². The number of carboxylic acids is 1. The molecule has 2 rings (SSSR count). The fourth-order valence-electron chi connectivity index (χ4n) is 4.97. The highest BCUT2D eigenvalue weighted by Crippen LogP contribution is 2.45. The smallest absolute Gasteiger partial charge is 0.330 e. The highest BCUT2D eigenvalue weighted by atomic mass is 32.2. The molecule has 1 saturated heterocycles. The van der Waals surface area contributed by atoms with Crippen molar-refractivity contribution in [3.05, 3.63) is 12.2 Å². The third-order valence-electron chi connectivity index (χ3n) is 7.99. The Balaban J connectivity index is 1.95. The van der Waals surface area contributed by atoms with E-state index in [0.717, 1.165) is 25.7 Å². The van der Waals surface area contributed by atoms with E-state index in [9.17, 15) is 32.7 Å². The number of urea groups is 1. The molecule has 12 nitrogen and oxygen atoms in total. The molecule has 0 aromatic heterocycles. The van der Waals surface area contributed by atoms with Crippen LogP contribution in [0.3, 0.4) is 0 Å². The van der Waals surface area contributed by atoms with Crippen LogP contribution in [0.15, 0.2) is 12.2 Å². The fraction of sp³-hybridized carbons (Fsp3) is 0.786. The van der Waals surface area contributed by atoms with Crippen molar-refractivity contribution >= 4 is 33.8 Å². The summed E-state index contributed by atoms with van der Waals surface area (Å²) in [6.07, 6.45) is 9.25. The molecule has 0 aromatic carbocycles. The Kier molecular flexibility index (Phi) is 12.2. The van der Waals surface area contributed by atoms with E-state index in [1.54, 1.807) is 6.92 Å². The van der Waals surface area contributed by atoms with Gasteiger partial charge >= 0.3 is 12.0 Å². The van der Waals surface area contributed by atoms with Gasteiger partial charge in [-0.25, -0.2) is 22.3 Å². The number of likely N-dealkylation sites (tertiary alicyclic amines) is 1. The quantitative estimate of drug-likeness (QED) is 0.165. The van der Waals surface area contributed by atoms with Crippen LogP contribution in [0.4, 0.5) is 4.79 Å². The molecule has 0 spiro atoms. The minimum atomic E-state index is -3.44. The van der Waals surface area contributed by atoms with Gasteiger partial charge in [0.2, 0.25) is 21.8 Å². The number of nitrogens with one attached hydrogen (secondary N) is 3.